The van der Waals surface area contributed by atoms with E-state index in [0.29, 0.717) is 11.6 Å². The number of fused-ring (bicyclic) bond motifs is 1. The third kappa shape index (κ3) is 2.44. The lowest BCUT2D eigenvalue weighted by molar-refractivity contribution is 0.468. The lowest BCUT2D eigenvalue weighted by Gasteiger charge is -2.08. The molecule has 0 bridgehead atoms. The Morgan fingerprint density at radius 1 is 1.00 bits per heavy atom. The van der Waals surface area contributed by atoms with Gasteiger partial charge in [0.2, 0.25) is 11.8 Å². The molecule has 0 aliphatic heterocycles. The van der Waals surface area contributed by atoms with Gasteiger partial charge in [0, 0.05) is 11.5 Å². The minimum Gasteiger partial charge on any atom is -0.438 e. The molecule has 19 heavy (non-hydrogen) atoms. The summed E-state index contributed by atoms with van der Waals surface area (Å²) in [6.07, 6.45) is 0. The van der Waals surface area contributed by atoms with Crippen LogP contribution in [0.1, 0.15) is 0 Å². The number of nitrogens with two attached hydrogens (primary N) is 1. The topological polar surface area (TPSA) is 61.0 Å². The van der Waals surface area contributed by atoms with E-state index in [0.717, 1.165) is 10.8 Å². The maximum Gasteiger partial charge on any atom is 0.225 e. The number of hydrogen-bond acceptors (Lipinski definition) is 4. The fourth-order valence-electron chi connectivity index (χ4n) is 1.86. The summed E-state index contributed by atoms with van der Waals surface area (Å²) in [5, 5.41) is 2.34. The predicted molar refractivity (Wildman–Crippen MR) is 75.5 cm³/mol. The Hall–Kier alpha value is -2.33. The number of ether oxygens (including phenoxy) is 1. The molecular formula is C14H10ClN3O. The van der Waals surface area contributed by atoms with Crippen molar-refractivity contribution in [3.8, 4) is 11.6 Å². The molecule has 0 aliphatic carbocycles. The highest BCUT2D eigenvalue weighted by atomic mass is 35.5. The Kier molecular flexibility index (Phi) is 2.93. The van der Waals surface area contributed by atoms with Gasteiger partial charge in [-0.05, 0) is 11.5 Å². The van der Waals surface area contributed by atoms with Gasteiger partial charge in [-0.15, -0.1) is 0 Å². The van der Waals surface area contributed by atoms with Crippen molar-refractivity contribution in [2.24, 2.45) is 0 Å². The third-order valence-electron chi connectivity index (χ3n) is 2.65. The van der Waals surface area contributed by atoms with E-state index in [1.807, 2.05) is 42.5 Å². The molecule has 1 heterocycles. The van der Waals surface area contributed by atoms with E-state index in [4.69, 9.17) is 22.1 Å². The predicted octanol–water partition coefficient (Wildman–Crippen LogP) is 3.66. The quantitative estimate of drug-likeness (QED) is 0.723. The van der Waals surface area contributed by atoms with Crippen LogP contribution in [0.15, 0.2) is 48.5 Å². The fourth-order valence-corrected chi connectivity index (χ4v) is 2.04. The molecular weight excluding hydrogens is 262 g/mol. The van der Waals surface area contributed by atoms with Crippen LogP contribution >= 0.6 is 11.6 Å². The van der Waals surface area contributed by atoms with E-state index < -0.39 is 0 Å². The van der Waals surface area contributed by atoms with Crippen molar-refractivity contribution in [2.45, 2.75) is 0 Å². The molecule has 0 unspecified atom stereocenters. The van der Waals surface area contributed by atoms with Crippen molar-refractivity contribution in [3.05, 3.63) is 53.7 Å². The number of rotatable bonds is 2. The van der Waals surface area contributed by atoms with Crippen LogP contribution in [0.4, 0.5) is 5.95 Å². The van der Waals surface area contributed by atoms with Crippen molar-refractivity contribution in [2.75, 3.05) is 5.73 Å². The van der Waals surface area contributed by atoms with E-state index in [-0.39, 0.29) is 11.1 Å². The first-order valence-corrected chi connectivity index (χ1v) is 6.06. The van der Waals surface area contributed by atoms with Gasteiger partial charge in [0.1, 0.15) is 10.9 Å². The molecule has 0 spiro atoms. The maximum atomic E-state index is 5.82. The zero-order valence-electron chi connectivity index (χ0n) is 9.88. The van der Waals surface area contributed by atoms with E-state index in [9.17, 15) is 0 Å². The Morgan fingerprint density at radius 2 is 1.79 bits per heavy atom. The number of anilines is 1. The minimum atomic E-state index is 0.0859. The summed E-state index contributed by atoms with van der Waals surface area (Å²) in [7, 11) is 0. The number of nitrogen functional groups attached to an aromatic ring is 1. The van der Waals surface area contributed by atoms with Gasteiger partial charge in [-0.2, -0.15) is 4.98 Å². The number of benzene rings is 2. The number of aromatic nitrogens is 2. The van der Waals surface area contributed by atoms with Crippen LogP contribution in [0.25, 0.3) is 10.8 Å². The number of hydrogen-bond donors (Lipinski definition) is 1. The van der Waals surface area contributed by atoms with Gasteiger partial charge in [-0.3, -0.25) is 0 Å². The van der Waals surface area contributed by atoms with Gasteiger partial charge >= 0.3 is 0 Å². The molecule has 0 amide bonds. The summed E-state index contributed by atoms with van der Waals surface area (Å²) in [5.41, 5.74) is 5.54. The molecule has 0 saturated carbocycles. The summed E-state index contributed by atoms with van der Waals surface area (Å²) in [6.45, 7) is 0. The molecule has 0 aliphatic rings. The summed E-state index contributed by atoms with van der Waals surface area (Å²) >= 11 is 5.82. The highest BCUT2D eigenvalue weighted by Crippen LogP contribution is 2.29. The standard InChI is InChI=1S/C14H10ClN3O/c15-12-8-13(18-14(16)17-12)19-11-7-3-5-9-4-1-2-6-10(9)11/h1-8H,(H2,16,17,18). The Balaban J connectivity index is 2.05. The summed E-state index contributed by atoms with van der Waals surface area (Å²) in [5.74, 6) is 1.11. The molecule has 2 aromatic carbocycles. The molecule has 0 atom stereocenters. The normalized spacial score (nSPS) is 10.6. The maximum absolute atomic E-state index is 5.82. The molecule has 0 saturated heterocycles. The lowest BCUT2D eigenvalue weighted by atomic mass is 10.1. The average molecular weight is 272 g/mol. The first-order chi connectivity index (χ1) is 9.22. The second-order valence-corrected chi connectivity index (χ2v) is 4.35. The van der Waals surface area contributed by atoms with Crippen LogP contribution in [-0.4, -0.2) is 9.97 Å². The Bertz CT molecular complexity index is 720. The second-order valence-electron chi connectivity index (χ2n) is 3.97. The van der Waals surface area contributed by atoms with Gasteiger partial charge < -0.3 is 10.5 Å². The summed E-state index contributed by atoms with van der Waals surface area (Å²) in [4.78, 5) is 7.79. The van der Waals surface area contributed by atoms with Gasteiger partial charge in [0.05, 0.1) is 0 Å². The first-order valence-electron chi connectivity index (χ1n) is 5.68. The monoisotopic (exact) mass is 271 g/mol. The molecule has 0 fully saturated rings. The van der Waals surface area contributed by atoms with Crippen LogP contribution in [0.5, 0.6) is 11.6 Å². The smallest absolute Gasteiger partial charge is 0.225 e. The van der Waals surface area contributed by atoms with Crippen LogP contribution < -0.4 is 10.5 Å². The zero-order chi connectivity index (χ0) is 13.2. The van der Waals surface area contributed by atoms with Crippen molar-refractivity contribution < 1.29 is 4.74 Å². The van der Waals surface area contributed by atoms with Gasteiger partial charge in [-0.25, -0.2) is 4.98 Å². The van der Waals surface area contributed by atoms with E-state index >= 15 is 0 Å². The summed E-state index contributed by atoms with van der Waals surface area (Å²) in [6, 6.07) is 15.3. The van der Waals surface area contributed by atoms with E-state index in [1.54, 1.807) is 0 Å². The molecule has 4 nitrogen and oxygen atoms in total. The minimum absolute atomic E-state index is 0.0859. The zero-order valence-corrected chi connectivity index (χ0v) is 10.6. The molecule has 3 aromatic rings. The van der Waals surface area contributed by atoms with Gasteiger partial charge in [-0.1, -0.05) is 48.0 Å². The molecule has 5 heteroatoms. The molecule has 1 aromatic heterocycles. The number of halogens is 1. The van der Waals surface area contributed by atoms with E-state index in [1.165, 1.54) is 6.07 Å². The fraction of sp³-hybridized carbons (Fsp3) is 0. The van der Waals surface area contributed by atoms with Crippen molar-refractivity contribution in [1.82, 2.24) is 9.97 Å². The lowest BCUT2D eigenvalue weighted by Crippen LogP contribution is -1.97. The molecule has 0 radical (unpaired) electrons. The Labute approximate surface area is 114 Å². The van der Waals surface area contributed by atoms with Crippen molar-refractivity contribution in [1.29, 1.82) is 0 Å². The van der Waals surface area contributed by atoms with Crippen LogP contribution in [0.3, 0.4) is 0 Å². The highest BCUT2D eigenvalue weighted by Gasteiger charge is 2.06. The summed E-state index contributed by atoms with van der Waals surface area (Å²) < 4.78 is 5.74. The average Bonchev–Trinajstić information content (AvgIpc) is 2.38. The highest BCUT2D eigenvalue weighted by molar-refractivity contribution is 6.29. The first kappa shape index (κ1) is 11.7. The molecule has 94 valence electrons. The van der Waals surface area contributed by atoms with Crippen molar-refractivity contribution in [3.63, 3.8) is 0 Å². The van der Waals surface area contributed by atoms with Gasteiger partial charge in [0.15, 0.2) is 0 Å². The van der Waals surface area contributed by atoms with Crippen molar-refractivity contribution >= 4 is 28.3 Å². The van der Waals surface area contributed by atoms with Crippen LogP contribution in [0, 0.1) is 0 Å². The second kappa shape index (κ2) is 4.74. The van der Waals surface area contributed by atoms with Gasteiger partial charge in [0.25, 0.3) is 0 Å². The third-order valence-corrected chi connectivity index (χ3v) is 2.85. The molecule has 2 N–H and O–H groups in total. The Morgan fingerprint density at radius 3 is 2.63 bits per heavy atom. The molecule has 3 rings (SSSR count). The number of nitrogens with zero attached hydrogens (tertiary/aromatic N) is 2. The largest absolute Gasteiger partial charge is 0.438 e. The van der Waals surface area contributed by atoms with Crippen LogP contribution in [-0.2, 0) is 0 Å². The SMILES string of the molecule is Nc1nc(Cl)cc(Oc2cccc3ccccc23)n1. The van der Waals surface area contributed by atoms with E-state index in [2.05, 4.69) is 9.97 Å². The van der Waals surface area contributed by atoms with Crippen LogP contribution in [0.2, 0.25) is 5.15 Å².